The van der Waals surface area contributed by atoms with Gasteiger partial charge in [-0.15, -0.1) is 0 Å². The number of phosphoric acid groups is 1. The van der Waals surface area contributed by atoms with Gasteiger partial charge in [-0.2, -0.15) is 0 Å². The molecule has 81 heavy (non-hydrogen) atoms. The van der Waals surface area contributed by atoms with Crippen molar-refractivity contribution < 1.29 is 37.6 Å². The lowest BCUT2D eigenvalue weighted by Gasteiger charge is -2.19. The third-order valence-corrected chi connectivity index (χ3v) is 13.3. The SMILES string of the molecule is CC/C=C\C/C=C\C/C=C\C/C=C\C/C=C\C/C=C\C/C=C\C/C=C\C/C=C\CCCCCC(=O)OC(COC(=O)CCCCCCCCCCCC/C=C\C/C=C\C/C=C\C/C=C\C/C=C\C/C=C\CC)COP(=O)(O)OCCN. The molecule has 0 aromatic heterocycles. The first-order chi connectivity index (χ1) is 39.8. The van der Waals surface area contributed by atoms with Crippen LogP contribution in [0.15, 0.2) is 182 Å². The molecule has 0 aromatic carbocycles. The van der Waals surface area contributed by atoms with Crippen LogP contribution in [0.25, 0.3) is 0 Å². The van der Waals surface area contributed by atoms with Crippen LogP contribution in [0.4, 0.5) is 0 Å². The molecule has 10 heteroatoms. The third-order valence-electron chi connectivity index (χ3n) is 12.3. The number of allylic oxidation sites excluding steroid dienone is 30. The second-order valence-corrected chi connectivity index (χ2v) is 21.3. The summed E-state index contributed by atoms with van der Waals surface area (Å²) in [4.78, 5) is 35.3. The van der Waals surface area contributed by atoms with E-state index in [0.717, 1.165) is 141 Å². The second kappa shape index (κ2) is 64.3. The van der Waals surface area contributed by atoms with Gasteiger partial charge in [0.05, 0.1) is 13.2 Å². The lowest BCUT2D eigenvalue weighted by atomic mass is 10.1. The number of carbonyl (C=O) groups excluding carboxylic acids is 2. The lowest BCUT2D eigenvalue weighted by molar-refractivity contribution is -0.161. The van der Waals surface area contributed by atoms with Crippen molar-refractivity contribution in [1.82, 2.24) is 0 Å². The summed E-state index contributed by atoms with van der Waals surface area (Å²) in [5.74, 6) is -0.886. The highest BCUT2D eigenvalue weighted by Gasteiger charge is 2.26. The lowest BCUT2D eigenvalue weighted by Crippen LogP contribution is -2.29. The number of ether oxygens (including phenoxy) is 2. The zero-order chi connectivity index (χ0) is 58.7. The molecule has 0 radical (unpaired) electrons. The number of hydrogen-bond acceptors (Lipinski definition) is 8. The largest absolute Gasteiger partial charge is 0.472 e. The standard InChI is InChI=1S/C71H112NO8P/c1-3-5-7-9-11-13-15-17-19-21-23-25-27-29-31-33-34-36-38-40-42-44-46-48-50-52-54-56-58-60-62-64-71(74)80-69(68-79-81(75,76)78-66-65-72)67-77-70(73)63-61-59-57-55-53-51-49-47-45-43-41-39-37-35-32-30-28-26-24-22-20-18-16-14-12-10-8-6-4-2/h5-8,11-14,17-20,23-26,29-32,34,36-37,39-40,42,46,48,52,54,69H,3-4,9-10,15-16,21-22,27-28,33,35,38,41,43-45,47,49-51,53,55-68,72H2,1-2H3,(H,75,76)/b7-5-,8-6-,13-11-,14-12-,19-17-,20-18-,25-23-,26-24-,31-29-,32-30-,36-34-,39-37-,42-40-,48-46-,54-52-. The van der Waals surface area contributed by atoms with Crippen LogP contribution in [0.5, 0.6) is 0 Å². The van der Waals surface area contributed by atoms with E-state index in [1.165, 1.54) is 38.5 Å². The van der Waals surface area contributed by atoms with Crippen LogP contribution in [-0.2, 0) is 32.7 Å². The fourth-order valence-corrected chi connectivity index (χ4v) is 8.51. The molecule has 0 spiro atoms. The Hall–Kier alpha value is -4.89. The summed E-state index contributed by atoms with van der Waals surface area (Å²) < 4.78 is 33.1. The van der Waals surface area contributed by atoms with Gasteiger partial charge in [-0.25, -0.2) is 4.57 Å². The summed E-state index contributed by atoms with van der Waals surface area (Å²) in [7, 11) is -4.42. The average molecular weight is 1140 g/mol. The number of unbranched alkanes of at least 4 members (excludes halogenated alkanes) is 13. The molecule has 0 fully saturated rings. The van der Waals surface area contributed by atoms with E-state index in [2.05, 4.69) is 196 Å². The molecule has 3 N–H and O–H groups in total. The number of carbonyl (C=O) groups is 2. The number of phosphoric ester groups is 1. The van der Waals surface area contributed by atoms with Gasteiger partial charge in [-0.3, -0.25) is 18.6 Å². The van der Waals surface area contributed by atoms with Crippen molar-refractivity contribution in [3.63, 3.8) is 0 Å². The molecule has 2 atom stereocenters. The van der Waals surface area contributed by atoms with Gasteiger partial charge in [-0.1, -0.05) is 254 Å². The Kier molecular flexibility index (Phi) is 60.4. The first kappa shape index (κ1) is 76.1. The maximum atomic E-state index is 12.7. The second-order valence-electron chi connectivity index (χ2n) is 19.8. The molecular formula is C71H112NO8P. The summed E-state index contributed by atoms with van der Waals surface area (Å²) in [6.45, 7) is 3.45. The molecule has 0 saturated carbocycles. The van der Waals surface area contributed by atoms with E-state index in [1.54, 1.807) is 0 Å². The molecule has 454 valence electrons. The zero-order valence-electron chi connectivity index (χ0n) is 50.7. The quantitative estimate of drug-likeness (QED) is 0.0264. The van der Waals surface area contributed by atoms with Crippen LogP contribution in [0.2, 0.25) is 0 Å². The highest BCUT2D eigenvalue weighted by molar-refractivity contribution is 7.47. The van der Waals surface area contributed by atoms with Crippen LogP contribution in [0.3, 0.4) is 0 Å². The summed E-state index contributed by atoms with van der Waals surface area (Å²) in [6.07, 6.45) is 96.6. The van der Waals surface area contributed by atoms with Crippen molar-refractivity contribution in [2.75, 3.05) is 26.4 Å². The van der Waals surface area contributed by atoms with Gasteiger partial charge in [0.2, 0.25) is 0 Å². The van der Waals surface area contributed by atoms with Crippen molar-refractivity contribution in [1.29, 1.82) is 0 Å². The highest BCUT2D eigenvalue weighted by atomic mass is 31.2. The predicted octanol–water partition coefficient (Wildman–Crippen LogP) is 20.4. The van der Waals surface area contributed by atoms with E-state index in [4.69, 9.17) is 24.3 Å². The molecule has 0 aliphatic heterocycles. The molecule has 0 aliphatic rings. The van der Waals surface area contributed by atoms with Crippen LogP contribution < -0.4 is 5.73 Å². The maximum Gasteiger partial charge on any atom is 0.472 e. The number of esters is 2. The Labute approximate surface area is 494 Å². The Morgan fingerprint density at radius 2 is 0.642 bits per heavy atom. The van der Waals surface area contributed by atoms with Crippen molar-refractivity contribution in [2.45, 2.75) is 225 Å². The van der Waals surface area contributed by atoms with E-state index in [-0.39, 0.29) is 32.6 Å². The summed E-state index contributed by atoms with van der Waals surface area (Å²) in [5, 5.41) is 0. The van der Waals surface area contributed by atoms with E-state index in [0.29, 0.717) is 12.8 Å². The monoisotopic (exact) mass is 1140 g/mol. The van der Waals surface area contributed by atoms with Crippen LogP contribution in [0, 0.1) is 0 Å². The summed E-state index contributed by atoms with van der Waals surface area (Å²) >= 11 is 0. The summed E-state index contributed by atoms with van der Waals surface area (Å²) in [6, 6.07) is 0. The van der Waals surface area contributed by atoms with Gasteiger partial charge >= 0.3 is 19.8 Å². The predicted molar refractivity (Wildman–Crippen MR) is 348 cm³/mol. The number of rotatable bonds is 56. The molecule has 0 amide bonds. The highest BCUT2D eigenvalue weighted by Crippen LogP contribution is 2.43. The molecular weight excluding hydrogens is 1030 g/mol. The Balaban J connectivity index is 4.10. The minimum absolute atomic E-state index is 0.0365. The van der Waals surface area contributed by atoms with E-state index < -0.39 is 32.5 Å². The molecule has 0 aromatic rings. The fraction of sp³-hybridized carbons (Fsp3) is 0.549. The Morgan fingerprint density at radius 1 is 0.370 bits per heavy atom. The van der Waals surface area contributed by atoms with E-state index in [1.807, 2.05) is 0 Å². The Bertz CT molecular complexity index is 1980. The van der Waals surface area contributed by atoms with E-state index >= 15 is 0 Å². The fourth-order valence-electron chi connectivity index (χ4n) is 7.75. The topological polar surface area (TPSA) is 134 Å². The minimum atomic E-state index is -4.42. The number of nitrogens with two attached hydrogens (primary N) is 1. The Morgan fingerprint density at radius 3 is 0.963 bits per heavy atom. The van der Waals surface area contributed by atoms with Gasteiger partial charge in [0.25, 0.3) is 0 Å². The molecule has 0 aliphatic carbocycles. The molecule has 0 rings (SSSR count). The first-order valence-electron chi connectivity index (χ1n) is 31.3. The molecule has 9 nitrogen and oxygen atoms in total. The van der Waals surface area contributed by atoms with Gasteiger partial charge in [-0.05, 0) is 135 Å². The molecule has 0 bridgehead atoms. The van der Waals surface area contributed by atoms with Crippen molar-refractivity contribution in [3.8, 4) is 0 Å². The third kappa shape index (κ3) is 64.1. The normalized spacial score (nSPS) is 14.3. The van der Waals surface area contributed by atoms with Gasteiger partial charge in [0, 0.05) is 19.4 Å². The first-order valence-corrected chi connectivity index (χ1v) is 32.8. The molecule has 0 saturated heterocycles. The smallest absolute Gasteiger partial charge is 0.462 e. The van der Waals surface area contributed by atoms with Crippen LogP contribution in [0.1, 0.15) is 219 Å². The zero-order valence-corrected chi connectivity index (χ0v) is 51.6. The molecule has 0 heterocycles. The van der Waals surface area contributed by atoms with Gasteiger partial charge in [0.1, 0.15) is 6.61 Å². The van der Waals surface area contributed by atoms with Crippen molar-refractivity contribution in [3.05, 3.63) is 182 Å². The van der Waals surface area contributed by atoms with Gasteiger partial charge < -0.3 is 20.1 Å². The minimum Gasteiger partial charge on any atom is -0.462 e. The van der Waals surface area contributed by atoms with Crippen molar-refractivity contribution in [2.24, 2.45) is 5.73 Å². The van der Waals surface area contributed by atoms with E-state index in [9.17, 15) is 19.0 Å². The number of hydrogen-bond donors (Lipinski definition) is 2. The summed E-state index contributed by atoms with van der Waals surface area (Å²) in [5.41, 5.74) is 5.39. The molecule has 2 unspecified atom stereocenters. The average Bonchev–Trinajstić information content (AvgIpc) is 3.46. The maximum absolute atomic E-state index is 12.7. The van der Waals surface area contributed by atoms with Crippen LogP contribution in [-0.4, -0.2) is 49.3 Å². The van der Waals surface area contributed by atoms with Crippen LogP contribution >= 0.6 is 7.82 Å². The van der Waals surface area contributed by atoms with Crippen molar-refractivity contribution >= 4 is 19.8 Å². The van der Waals surface area contributed by atoms with Gasteiger partial charge in [0.15, 0.2) is 6.10 Å².